The first kappa shape index (κ1) is 18.6. The smallest absolute Gasteiger partial charge is 0.357 e. The Kier molecular flexibility index (Phi) is 5.79. The van der Waals surface area contributed by atoms with Crippen molar-refractivity contribution < 1.29 is 14.3 Å². The molecular formula is C15H15Cl2N3O3S. The van der Waals surface area contributed by atoms with Crippen molar-refractivity contribution in [3.63, 3.8) is 0 Å². The van der Waals surface area contributed by atoms with Crippen LogP contribution >= 0.6 is 35.8 Å². The van der Waals surface area contributed by atoms with Gasteiger partial charge < -0.3 is 15.0 Å². The molecule has 0 saturated carbocycles. The molecule has 1 unspecified atom stereocenters. The highest BCUT2D eigenvalue weighted by Gasteiger charge is 2.30. The second-order valence-electron chi connectivity index (χ2n) is 4.93. The van der Waals surface area contributed by atoms with Gasteiger partial charge in [0, 0.05) is 0 Å². The van der Waals surface area contributed by atoms with Crippen molar-refractivity contribution in [2.75, 3.05) is 7.11 Å². The summed E-state index contributed by atoms with van der Waals surface area (Å²) in [6.07, 6.45) is 0.573. The molecule has 24 heavy (non-hydrogen) atoms. The first-order chi connectivity index (χ1) is 11.3. The van der Waals surface area contributed by atoms with Gasteiger partial charge in [-0.1, -0.05) is 36.2 Å². The number of nitrogens with zero attached hydrogens (tertiary/aromatic N) is 2. The molecule has 0 aliphatic carbocycles. The highest BCUT2D eigenvalue weighted by atomic mass is 35.5. The van der Waals surface area contributed by atoms with Crippen LogP contribution in [0.3, 0.4) is 0 Å². The van der Waals surface area contributed by atoms with Gasteiger partial charge in [0.25, 0.3) is 5.91 Å². The molecule has 0 aliphatic rings. The lowest BCUT2D eigenvalue weighted by atomic mass is 10.0. The Labute approximate surface area is 154 Å². The van der Waals surface area contributed by atoms with Crippen LogP contribution in [-0.2, 0) is 4.74 Å². The van der Waals surface area contributed by atoms with E-state index in [0.717, 1.165) is 5.56 Å². The summed E-state index contributed by atoms with van der Waals surface area (Å²) in [5.74, 6) is -1.57. The van der Waals surface area contributed by atoms with Crippen molar-refractivity contribution >= 4 is 47.7 Å². The summed E-state index contributed by atoms with van der Waals surface area (Å²) in [6, 6.07) is 4.77. The average molecular weight is 388 g/mol. The molecule has 1 aromatic carbocycles. The highest BCUT2D eigenvalue weighted by molar-refractivity contribution is 7.80. The van der Waals surface area contributed by atoms with Crippen molar-refractivity contribution in [2.24, 2.45) is 5.73 Å². The number of halogens is 2. The first-order valence-corrected chi connectivity index (χ1v) is 8.16. The number of hydrogen-bond donors (Lipinski definition) is 2. The molecule has 0 fully saturated rings. The molecule has 0 spiro atoms. The Bertz CT molecular complexity index is 808. The Balaban J connectivity index is 2.69. The van der Waals surface area contributed by atoms with Gasteiger partial charge >= 0.3 is 5.97 Å². The number of carbonyl (C=O) groups is 2. The first-order valence-electron chi connectivity index (χ1n) is 6.96. The Hall–Kier alpha value is -1.70. The molecule has 6 nitrogen and oxygen atoms in total. The van der Waals surface area contributed by atoms with E-state index in [1.807, 2.05) is 6.92 Å². The monoisotopic (exact) mass is 387 g/mol. The molecule has 1 heterocycles. The minimum Gasteiger partial charge on any atom is -0.464 e. The Morgan fingerprint density at radius 3 is 2.54 bits per heavy atom. The molecule has 2 aromatic rings. The van der Waals surface area contributed by atoms with E-state index < -0.39 is 11.9 Å². The van der Waals surface area contributed by atoms with E-state index in [2.05, 4.69) is 17.6 Å². The van der Waals surface area contributed by atoms with Gasteiger partial charge in [0.1, 0.15) is 0 Å². The third-order valence-electron chi connectivity index (χ3n) is 3.53. The van der Waals surface area contributed by atoms with Crippen molar-refractivity contribution in [3.8, 4) is 0 Å². The third kappa shape index (κ3) is 3.38. The van der Waals surface area contributed by atoms with Crippen LogP contribution in [0, 0.1) is 0 Å². The molecule has 0 aliphatic heterocycles. The summed E-state index contributed by atoms with van der Waals surface area (Å²) in [5.41, 5.74) is 5.86. The molecule has 1 amide bonds. The summed E-state index contributed by atoms with van der Waals surface area (Å²) >= 11 is 16.3. The van der Waals surface area contributed by atoms with Gasteiger partial charge in [-0.25, -0.2) is 9.78 Å². The fourth-order valence-corrected chi connectivity index (χ4v) is 3.11. The number of thiol groups is 1. The minimum absolute atomic E-state index is 0.0482. The zero-order valence-corrected chi connectivity index (χ0v) is 15.3. The van der Waals surface area contributed by atoms with Crippen LogP contribution in [0.15, 0.2) is 23.4 Å². The van der Waals surface area contributed by atoms with Gasteiger partial charge in [-0.2, -0.15) is 0 Å². The molecule has 0 bridgehead atoms. The standard InChI is InChI=1S/C15H15Cl2N3O3S/c1-3-10(7-4-5-8(16)9(17)6-7)20-12(14(22)23-2)11(13(18)21)19-15(20)24/h4-6,10H,3H2,1-2H3,(H2,18,21)(H,19,24). The predicted octanol–water partition coefficient (Wildman–Crippen LogP) is 3.36. The van der Waals surface area contributed by atoms with Gasteiger partial charge in [0.2, 0.25) is 0 Å². The van der Waals surface area contributed by atoms with Gasteiger partial charge in [-0.05, 0) is 24.1 Å². The maximum absolute atomic E-state index is 12.2. The van der Waals surface area contributed by atoms with Crippen molar-refractivity contribution in [3.05, 3.63) is 45.2 Å². The minimum atomic E-state index is -0.839. The Morgan fingerprint density at radius 1 is 1.38 bits per heavy atom. The quantitative estimate of drug-likeness (QED) is 0.607. The number of methoxy groups -OCH3 is 1. The lowest BCUT2D eigenvalue weighted by Crippen LogP contribution is -2.22. The molecule has 0 saturated heterocycles. The van der Waals surface area contributed by atoms with E-state index in [1.165, 1.54) is 11.7 Å². The maximum Gasteiger partial charge on any atom is 0.357 e. The van der Waals surface area contributed by atoms with Crippen LogP contribution in [0.4, 0.5) is 0 Å². The lowest BCUT2D eigenvalue weighted by molar-refractivity contribution is 0.0581. The second kappa shape index (κ2) is 7.46. The van der Waals surface area contributed by atoms with Gasteiger partial charge in [0.15, 0.2) is 16.5 Å². The van der Waals surface area contributed by atoms with Gasteiger partial charge in [0.05, 0.1) is 23.2 Å². The third-order valence-corrected chi connectivity index (χ3v) is 4.59. The summed E-state index contributed by atoms with van der Waals surface area (Å²) in [5, 5.41) is 0.961. The number of benzene rings is 1. The number of carbonyl (C=O) groups excluding carboxylic acids is 2. The summed E-state index contributed by atoms with van der Waals surface area (Å²) in [4.78, 5) is 27.8. The van der Waals surface area contributed by atoms with Crippen molar-refractivity contribution in [2.45, 2.75) is 24.5 Å². The lowest BCUT2D eigenvalue weighted by Gasteiger charge is -2.21. The molecule has 1 atom stereocenters. The van der Waals surface area contributed by atoms with E-state index in [4.69, 9.17) is 33.7 Å². The predicted molar refractivity (Wildman–Crippen MR) is 94.2 cm³/mol. The zero-order valence-electron chi connectivity index (χ0n) is 12.9. The largest absolute Gasteiger partial charge is 0.464 e. The topological polar surface area (TPSA) is 87.2 Å². The van der Waals surface area contributed by atoms with Crippen LogP contribution in [0.25, 0.3) is 0 Å². The van der Waals surface area contributed by atoms with Crippen LogP contribution < -0.4 is 5.73 Å². The fraction of sp³-hybridized carbons (Fsp3) is 0.267. The number of amides is 1. The van der Waals surface area contributed by atoms with E-state index in [-0.39, 0.29) is 22.6 Å². The molecule has 9 heteroatoms. The van der Waals surface area contributed by atoms with E-state index in [0.29, 0.717) is 16.5 Å². The summed E-state index contributed by atoms with van der Waals surface area (Å²) in [6.45, 7) is 1.91. The normalized spacial score (nSPS) is 12.0. The maximum atomic E-state index is 12.2. The fourth-order valence-electron chi connectivity index (χ4n) is 2.47. The number of esters is 1. The second-order valence-corrected chi connectivity index (χ2v) is 6.15. The Morgan fingerprint density at radius 2 is 2.04 bits per heavy atom. The molecule has 128 valence electrons. The van der Waals surface area contributed by atoms with Crippen molar-refractivity contribution in [1.29, 1.82) is 0 Å². The number of rotatable bonds is 5. The molecule has 2 rings (SSSR count). The number of imidazole rings is 1. The zero-order chi connectivity index (χ0) is 18.0. The summed E-state index contributed by atoms with van der Waals surface area (Å²) in [7, 11) is 1.21. The number of hydrogen-bond acceptors (Lipinski definition) is 5. The summed E-state index contributed by atoms with van der Waals surface area (Å²) < 4.78 is 6.27. The SMILES string of the molecule is CCC(c1ccc(Cl)c(Cl)c1)n1c(S)nc(C(N)=O)c1C(=O)OC. The average Bonchev–Trinajstić information content (AvgIpc) is 2.89. The van der Waals surface area contributed by atoms with Gasteiger partial charge in [-0.15, -0.1) is 12.6 Å². The van der Waals surface area contributed by atoms with Crippen molar-refractivity contribution in [1.82, 2.24) is 9.55 Å². The van der Waals surface area contributed by atoms with E-state index in [1.54, 1.807) is 18.2 Å². The van der Waals surface area contributed by atoms with Crippen LogP contribution in [-0.4, -0.2) is 28.5 Å². The molecule has 1 aromatic heterocycles. The van der Waals surface area contributed by atoms with Gasteiger partial charge in [-0.3, -0.25) is 4.79 Å². The number of primary amides is 1. The van der Waals surface area contributed by atoms with Crippen LogP contribution in [0.2, 0.25) is 10.0 Å². The van der Waals surface area contributed by atoms with Crippen LogP contribution in [0.1, 0.15) is 45.9 Å². The number of nitrogens with two attached hydrogens (primary N) is 1. The van der Waals surface area contributed by atoms with E-state index in [9.17, 15) is 9.59 Å². The number of ether oxygens (including phenoxy) is 1. The van der Waals surface area contributed by atoms with Crippen LogP contribution in [0.5, 0.6) is 0 Å². The molecular weight excluding hydrogens is 373 g/mol. The van der Waals surface area contributed by atoms with E-state index >= 15 is 0 Å². The highest BCUT2D eigenvalue weighted by Crippen LogP contribution is 2.32. The molecule has 0 radical (unpaired) electrons. The number of aromatic nitrogens is 2. The molecule has 2 N–H and O–H groups in total.